The van der Waals surface area contributed by atoms with Gasteiger partial charge >= 0.3 is 5.97 Å². The number of primary amides is 1. The Kier molecular flexibility index (Phi) is 32.7. The molecule has 1 saturated heterocycles. The number of carbonyl (C=O) groups excluding carboxylic acids is 11. The average Bonchev–Trinajstić information content (AvgIpc) is 3.34. The molecule has 0 aromatic carbocycles. The van der Waals surface area contributed by atoms with E-state index in [2.05, 4.69) is 54.8 Å². The second-order valence-electron chi connectivity index (χ2n) is 22.8. The third kappa shape index (κ3) is 27.2. The van der Waals surface area contributed by atoms with E-state index in [1.54, 1.807) is 69.2 Å². The van der Waals surface area contributed by atoms with E-state index in [9.17, 15) is 68.1 Å². The molecule has 0 aromatic rings. The molecule has 25 heteroatoms. The third-order valence-corrected chi connectivity index (χ3v) is 13.0. The first kappa shape index (κ1) is 71.1. The lowest BCUT2D eigenvalue weighted by molar-refractivity contribution is -0.157. The molecule has 10 amide bonds. The minimum atomic E-state index is -1.91. The molecule has 79 heavy (non-hydrogen) atoms. The predicted octanol–water partition coefficient (Wildman–Crippen LogP) is -0.503. The summed E-state index contributed by atoms with van der Waals surface area (Å²) in [7, 11) is 0. The maximum absolute atomic E-state index is 14.7. The summed E-state index contributed by atoms with van der Waals surface area (Å²) in [6.07, 6.45) is 1.22. The van der Waals surface area contributed by atoms with Crippen molar-refractivity contribution in [2.24, 2.45) is 35.3 Å². The van der Waals surface area contributed by atoms with Crippen LogP contribution in [0.5, 0.6) is 0 Å². The van der Waals surface area contributed by atoms with Gasteiger partial charge < -0.3 is 73.6 Å². The number of carbonyl (C=O) groups is 11. The van der Waals surface area contributed by atoms with Crippen LogP contribution in [0.15, 0.2) is 0 Å². The number of cyclic esters (lactones) is 1. The minimum Gasteiger partial charge on any atom is -0.458 e. The Bertz CT molecular complexity index is 2020. The van der Waals surface area contributed by atoms with E-state index in [-0.39, 0.29) is 55.8 Å². The van der Waals surface area contributed by atoms with Crippen LogP contribution >= 0.6 is 0 Å². The number of hydrogen-bond donors (Lipinski definition) is 13. The van der Waals surface area contributed by atoms with Crippen molar-refractivity contribution >= 4 is 65.0 Å². The van der Waals surface area contributed by atoms with Crippen molar-refractivity contribution in [1.29, 1.82) is 0 Å². The number of nitrogens with two attached hydrogens (primary N) is 1. The van der Waals surface area contributed by atoms with E-state index in [0.29, 0.717) is 12.8 Å². The topological polar surface area (TPSA) is 392 Å². The standard InChI is InChI=1S/C54H96N10O15/c1-13-14-15-16-17-18-34(67)25-43(69)56-36(21-28(2)3)47(71)57-35(19-20-42(55)68)46(70)64-45-33(12)79-54(78)39(24-31(8)9)60-51(75)41(27-66)62-48(72)37(22-29(4)5)58-50(74)40(26-65)61-49(73)38(23-30(6)7)59-52(76)44(32(10)11)63-53(45)77/h28-41,44-45,65-67H,13-27H2,1-12H3,(H2,55,68)(H,56,69)(H,57,71)(H,58,74)(H,59,76)(H,60,75)(H,61,73)(H,62,72)(H,63,77)(H,64,70). The van der Waals surface area contributed by atoms with Gasteiger partial charge in [0.15, 0.2) is 0 Å². The molecule has 1 heterocycles. The van der Waals surface area contributed by atoms with Crippen LogP contribution in [0, 0.1) is 29.6 Å². The SMILES string of the molecule is CCCCCCCC(O)CC(=O)NC(CC(C)C)C(=O)NC(CCC(N)=O)C(=O)NC1C(=O)NC(C(C)C)C(=O)NC(CC(C)C)C(=O)NC(CO)C(=O)NC(CC(C)C)C(=O)NC(CO)C(=O)NC(CC(C)C)C(=O)OC1C. The minimum absolute atomic E-state index is 0.00399. The molecule has 1 fully saturated rings. The zero-order valence-corrected chi connectivity index (χ0v) is 48.7. The number of hydrogen-bond acceptors (Lipinski definition) is 15. The predicted molar refractivity (Wildman–Crippen MR) is 292 cm³/mol. The molecule has 1 rings (SSSR count). The largest absolute Gasteiger partial charge is 0.458 e. The molecule has 0 spiro atoms. The fourth-order valence-electron chi connectivity index (χ4n) is 8.68. The van der Waals surface area contributed by atoms with Crippen molar-refractivity contribution in [3.8, 4) is 0 Å². The molecule has 25 nitrogen and oxygen atoms in total. The molecule has 0 aromatic heterocycles. The van der Waals surface area contributed by atoms with Gasteiger partial charge in [0, 0.05) is 6.42 Å². The van der Waals surface area contributed by atoms with Gasteiger partial charge in [-0.25, -0.2) is 4.79 Å². The summed E-state index contributed by atoms with van der Waals surface area (Å²) in [6, 6.07) is -13.9. The third-order valence-electron chi connectivity index (χ3n) is 13.0. The Hall–Kier alpha value is -5.95. The van der Waals surface area contributed by atoms with E-state index in [4.69, 9.17) is 10.5 Å². The van der Waals surface area contributed by atoms with Gasteiger partial charge in [-0.1, -0.05) is 108 Å². The van der Waals surface area contributed by atoms with E-state index in [1.807, 2.05) is 0 Å². The first-order valence-corrected chi connectivity index (χ1v) is 28.0. The fraction of sp³-hybridized carbons (Fsp3) is 0.796. The molecule has 0 bridgehead atoms. The molecule has 0 aliphatic carbocycles. The molecule has 1 aliphatic heterocycles. The summed E-state index contributed by atoms with van der Waals surface area (Å²) in [6.45, 7) is 18.5. The van der Waals surface area contributed by atoms with Crippen LogP contribution in [0.4, 0.5) is 0 Å². The van der Waals surface area contributed by atoms with Crippen LogP contribution in [0.2, 0.25) is 0 Å². The number of nitrogens with one attached hydrogen (secondary N) is 9. The summed E-state index contributed by atoms with van der Waals surface area (Å²) in [5.41, 5.74) is 5.49. The van der Waals surface area contributed by atoms with Crippen LogP contribution in [0.25, 0.3) is 0 Å². The maximum atomic E-state index is 14.7. The van der Waals surface area contributed by atoms with E-state index in [0.717, 1.165) is 25.7 Å². The monoisotopic (exact) mass is 1120 g/mol. The Balaban J connectivity index is 3.98. The summed E-state index contributed by atoms with van der Waals surface area (Å²) < 4.78 is 5.82. The Morgan fingerprint density at radius 2 is 1.04 bits per heavy atom. The van der Waals surface area contributed by atoms with Crippen molar-refractivity contribution in [3.63, 3.8) is 0 Å². The molecule has 0 radical (unpaired) electrons. The number of amides is 10. The average molecular weight is 1130 g/mol. The molecular formula is C54H96N10O15. The maximum Gasteiger partial charge on any atom is 0.328 e. The van der Waals surface area contributed by atoms with Crippen LogP contribution in [0.1, 0.15) is 167 Å². The lowest BCUT2D eigenvalue weighted by Crippen LogP contribution is -2.63. The van der Waals surface area contributed by atoms with Crippen LogP contribution in [-0.2, 0) is 57.5 Å². The lowest BCUT2D eigenvalue weighted by atomic mass is 9.98. The summed E-state index contributed by atoms with van der Waals surface area (Å²) in [4.78, 5) is 152. The van der Waals surface area contributed by atoms with Crippen molar-refractivity contribution in [2.45, 2.75) is 233 Å². The molecule has 11 unspecified atom stereocenters. The van der Waals surface area contributed by atoms with Gasteiger partial charge in [-0.3, -0.25) is 47.9 Å². The molecule has 1 aliphatic rings. The van der Waals surface area contributed by atoms with Gasteiger partial charge in [0.05, 0.1) is 25.7 Å². The number of unbranched alkanes of at least 4 members (excludes halogenated alkanes) is 4. The number of aliphatic hydroxyl groups is 3. The Morgan fingerprint density at radius 1 is 0.570 bits per heavy atom. The highest BCUT2D eigenvalue weighted by atomic mass is 16.5. The van der Waals surface area contributed by atoms with Gasteiger partial charge in [-0.05, 0) is 75.0 Å². The van der Waals surface area contributed by atoms with Crippen LogP contribution in [-0.4, -0.2) is 160 Å². The van der Waals surface area contributed by atoms with Gasteiger partial charge in [-0.15, -0.1) is 0 Å². The fourth-order valence-corrected chi connectivity index (χ4v) is 8.68. The molecule has 452 valence electrons. The highest BCUT2D eigenvalue weighted by Crippen LogP contribution is 2.16. The van der Waals surface area contributed by atoms with Crippen molar-refractivity contribution in [1.82, 2.24) is 47.9 Å². The Labute approximate surface area is 466 Å². The van der Waals surface area contributed by atoms with Gasteiger partial charge in [-0.2, -0.15) is 0 Å². The van der Waals surface area contributed by atoms with E-state index < -0.39 is 164 Å². The second-order valence-corrected chi connectivity index (χ2v) is 22.8. The molecule has 14 N–H and O–H groups in total. The van der Waals surface area contributed by atoms with Crippen molar-refractivity contribution in [3.05, 3.63) is 0 Å². The van der Waals surface area contributed by atoms with Crippen LogP contribution < -0.4 is 53.6 Å². The van der Waals surface area contributed by atoms with Gasteiger partial charge in [0.1, 0.15) is 60.5 Å². The second kappa shape index (κ2) is 36.3. The number of ether oxygens (including phenoxy) is 1. The summed E-state index contributed by atoms with van der Waals surface area (Å²) >= 11 is 0. The highest BCUT2D eigenvalue weighted by Gasteiger charge is 2.40. The number of rotatable bonds is 27. The van der Waals surface area contributed by atoms with E-state index >= 15 is 0 Å². The summed E-state index contributed by atoms with van der Waals surface area (Å²) in [5.74, 6) is -12.2. The van der Waals surface area contributed by atoms with E-state index in [1.165, 1.54) is 6.92 Å². The summed E-state index contributed by atoms with van der Waals surface area (Å²) in [5, 5.41) is 54.0. The lowest BCUT2D eigenvalue weighted by Gasteiger charge is -2.32. The zero-order chi connectivity index (χ0) is 60.3. The van der Waals surface area contributed by atoms with Crippen LogP contribution in [0.3, 0.4) is 0 Å². The smallest absolute Gasteiger partial charge is 0.328 e. The molecular weight excluding hydrogens is 1030 g/mol. The van der Waals surface area contributed by atoms with Crippen molar-refractivity contribution in [2.75, 3.05) is 13.2 Å². The van der Waals surface area contributed by atoms with Gasteiger partial charge in [0.2, 0.25) is 59.1 Å². The molecule has 0 saturated carbocycles. The zero-order valence-electron chi connectivity index (χ0n) is 48.7. The highest BCUT2D eigenvalue weighted by molar-refractivity contribution is 5.99. The first-order chi connectivity index (χ1) is 36.9. The Morgan fingerprint density at radius 3 is 1.51 bits per heavy atom. The number of esters is 1. The normalized spacial score (nSPS) is 23.7. The van der Waals surface area contributed by atoms with Crippen molar-refractivity contribution < 1.29 is 72.8 Å². The van der Waals surface area contributed by atoms with Gasteiger partial charge in [0.25, 0.3) is 0 Å². The molecule has 11 atom stereocenters. The quantitative estimate of drug-likeness (QED) is 0.0364. The number of aliphatic hydroxyl groups excluding tert-OH is 3. The first-order valence-electron chi connectivity index (χ1n) is 28.0.